The fraction of sp³-hybridized carbons (Fsp3) is 0.583. The van der Waals surface area contributed by atoms with Gasteiger partial charge in [-0.1, -0.05) is 25.7 Å². The van der Waals surface area contributed by atoms with Crippen LogP contribution in [0, 0.1) is 0 Å². The minimum atomic E-state index is -0.718. The van der Waals surface area contributed by atoms with E-state index in [-0.39, 0.29) is 11.6 Å². The summed E-state index contributed by atoms with van der Waals surface area (Å²) in [6, 6.07) is 0.207. The molecule has 3 N–H and O–H groups in total. The number of hydrogen-bond acceptors (Lipinski definition) is 4. The van der Waals surface area contributed by atoms with E-state index in [0.717, 1.165) is 25.7 Å². The van der Waals surface area contributed by atoms with Gasteiger partial charge >= 0.3 is 5.69 Å². The Morgan fingerprint density at radius 2 is 1.78 bits per heavy atom. The Morgan fingerprint density at radius 3 is 2.39 bits per heavy atom. The molecule has 1 fully saturated rings. The number of aliphatic imine (C=N–C) groups is 1. The first-order valence-corrected chi connectivity index (χ1v) is 6.25. The monoisotopic (exact) mass is 251 g/mol. The topological polar surface area (TPSA) is 98.3 Å². The molecule has 1 aliphatic rings. The average molecular weight is 251 g/mol. The van der Waals surface area contributed by atoms with E-state index in [1.165, 1.54) is 19.1 Å². The molecule has 0 unspecified atom stereocenters. The summed E-state index contributed by atoms with van der Waals surface area (Å²) >= 11 is 0. The molecule has 1 aromatic rings. The molecular weight excluding hydrogens is 234 g/mol. The SMILES string of the molecule is O=c1[nH]c(O)c(C=NC2CCCCCC2)c(=O)[nH]1. The largest absolute Gasteiger partial charge is 0.494 e. The first kappa shape index (κ1) is 12.6. The summed E-state index contributed by atoms with van der Waals surface area (Å²) in [6.45, 7) is 0. The summed E-state index contributed by atoms with van der Waals surface area (Å²) in [4.78, 5) is 30.9. The van der Waals surface area contributed by atoms with Crippen LogP contribution in [-0.2, 0) is 0 Å². The zero-order valence-electron chi connectivity index (χ0n) is 10.1. The molecule has 1 aliphatic carbocycles. The van der Waals surface area contributed by atoms with Crippen molar-refractivity contribution >= 4 is 6.21 Å². The van der Waals surface area contributed by atoms with Gasteiger partial charge < -0.3 is 5.11 Å². The number of H-pyrrole nitrogens is 2. The van der Waals surface area contributed by atoms with Gasteiger partial charge in [-0.05, 0) is 12.8 Å². The van der Waals surface area contributed by atoms with Crippen molar-refractivity contribution in [3.05, 3.63) is 26.4 Å². The van der Waals surface area contributed by atoms with Gasteiger partial charge in [0.05, 0.1) is 0 Å². The van der Waals surface area contributed by atoms with E-state index in [0.29, 0.717) is 0 Å². The van der Waals surface area contributed by atoms with E-state index in [1.54, 1.807) is 0 Å². The summed E-state index contributed by atoms with van der Waals surface area (Å²) < 4.78 is 0. The first-order valence-electron chi connectivity index (χ1n) is 6.25. The lowest BCUT2D eigenvalue weighted by molar-refractivity contribution is 0.447. The van der Waals surface area contributed by atoms with Gasteiger partial charge in [-0.25, -0.2) is 4.79 Å². The number of rotatable bonds is 2. The van der Waals surface area contributed by atoms with Crippen LogP contribution in [0.5, 0.6) is 5.88 Å². The molecule has 18 heavy (non-hydrogen) atoms. The maximum atomic E-state index is 11.5. The first-order chi connectivity index (χ1) is 8.66. The molecule has 0 spiro atoms. The van der Waals surface area contributed by atoms with E-state index >= 15 is 0 Å². The number of aromatic hydroxyl groups is 1. The van der Waals surface area contributed by atoms with Gasteiger partial charge in [-0.15, -0.1) is 0 Å². The van der Waals surface area contributed by atoms with Crippen LogP contribution in [0.25, 0.3) is 0 Å². The number of aromatic amines is 2. The van der Waals surface area contributed by atoms with Gasteiger partial charge in [-0.3, -0.25) is 19.8 Å². The molecule has 0 saturated heterocycles. The van der Waals surface area contributed by atoms with Crippen LogP contribution < -0.4 is 11.2 Å². The highest BCUT2D eigenvalue weighted by molar-refractivity contribution is 5.81. The van der Waals surface area contributed by atoms with Crippen molar-refractivity contribution in [2.45, 2.75) is 44.6 Å². The summed E-state index contributed by atoms with van der Waals surface area (Å²) in [5.74, 6) is -0.430. The van der Waals surface area contributed by atoms with Crippen molar-refractivity contribution in [2.24, 2.45) is 4.99 Å². The van der Waals surface area contributed by atoms with Crippen molar-refractivity contribution < 1.29 is 5.11 Å². The lowest BCUT2D eigenvalue weighted by atomic mass is 10.1. The molecule has 1 saturated carbocycles. The normalized spacial score (nSPS) is 18.0. The van der Waals surface area contributed by atoms with Crippen LogP contribution in [0.15, 0.2) is 14.6 Å². The van der Waals surface area contributed by atoms with Crippen LogP contribution in [0.3, 0.4) is 0 Å². The van der Waals surface area contributed by atoms with Gasteiger partial charge in [0.15, 0.2) is 0 Å². The highest BCUT2D eigenvalue weighted by atomic mass is 16.3. The lowest BCUT2D eigenvalue weighted by Crippen LogP contribution is -2.25. The maximum absolute atomic E-state index is 11.5. The molecule has 1 heterocycles. The lowest BCUT2D eigenvalue weighted by Gasteiger charge is -2.07. The highest BCUT2D eigenvalue weighted by Crippen LogP contribution is 2.19. The fourth-order valence-electron chi connectivity index (χ4n) is 2.19. The summed E-state index contributed by atoms with van der Waals surface area (Å²) in [6.07, 6.45) is 8.15. The maximum Gasteiger partial charge on any atom is 0.328 e. The third-order valence-electron chi connectivity index (χ3n) is 3.20. The van der Waals surface area contributed by atoms with Gasteiger partial charge in [0, 0.05) is 12.3 Å². The van der Waals surface area contributed by atoms with Crippen molar-refractivity contribution in [1.29, 1.82) is 0 Å². The second-order valence-electron chi connectivity index (χ2n) is 4.59. The zero-order valence-corrected chi connectivity index (χ0v) is 10.1. The van der Waals surface area contributed by atoms with E-state index in [4.69, 9.17) is 0 Å². The van der Waals surface area contributed by atoms with E-state index < -0.39 is 17.1 Å². The predicted octanol–water partition coefficient (Wildman–Crippen LogP) is 0.910. The summed E-state index contributed by atoms with van der Waals surface area (Å²) in [5, 5.41) is 9.49. The Kier molecular flexibility index (Phi) is 3.96. The van der Waals surface area contributed by atoms with Crippen LogP contribution >= 0.6 is 0 Å². The number of nitrogens with one attached hydrogen (secondary N) is 2. The Balaban J connectivity index is 2.18. The highest BCUT2D eigenvalue weighted by Gasteiger charge is 2.11. The Labute approximate surface area is 104 Å². The zero-order chi connectivity index (χ0) is 13.0. The molecule has 0 amide bonds. The van der Waals surface area contributed by atoms with E-state index in [1.807, 2.05) is 0 Å². The van der Waals surface area contributed by atoms with Crippen LogP contribution in [0.4, 0.5) is 0 Å². The number of aromatic nitrogens is 2. The van der Waals surface area contributed by atoms with Crippen molar-refractivity contribution in [1.82, 2.24) is 9.97 Å². The van der Waals surface area contributed by atoms with Crippen molar-refractivity contribution in [3.63, 3.8) is 0 Å². The Bertz CT molecular complexity index is 536. The standard InChI is InChI=1S/C12H17N3O3/c16-10-9(11(17)15-12(18)14-10)7-13-8-5-3-1-2-4-6-8/h7-8H,1-6H2,(H3,14,15,16,17,18). The van der Waals surface area contributed by atoms with Gasteiger partial charge in [0.1, 0.15) is 5.56 Å². The second-order valence-corrected chi connectivity index (χ2v) is 4.59. The summed E-state index contributed by atoms with van der Waals surface area (Å²) in [5.41, 5.74) is -1.32. The molecule has 0 bridgehead atoms. The molecule has 6 nitrogen and oxygen atoms in total. The molecule has 6 heteroatoms. The summed E-state index contributed by atoms with van der Waals surface area (Å²) in [7, 11) is 0. The van der Waals surface area contributed by atoms with Crippen LogP contribution in [-0.4, -0.2) is 27.3 Å². The molecular formula is C12H17N3O3. The molecule has 0 atom stereocenters. The fourth-order valence-corrected chi connectivity index (χ4v) is 2.19. The molecule has 0 aliphatic heterocycles. The quantitative estimate of drug-likeness (QED) is 0.538. The molecule has 0 aromatic carbocycles. The van der Waals surface area contributed by atoms with Crippen molar-refractivity contribution in [3.8, 4) is 5.88 Å². The molecule has 0 radical (unpaired) electrons. The smallest absolute Gasteiger partial charge is 0.328 e. The van der Waals surface area contributed by atoms with Crippen LogP contribution in [0.1, 0.15) is 44.1 Å². The number of nitrogens with zero attached hydrogens (tertiary/aromatic N) is 1. The van der Waals surface area contributed by atoms with E-state index in [9.17, 15) is 14.7 Å². The Morgan fingerprint density at radius 1 is 1.11 bits per heavy atom. The Hall–Kier alpha value is -1.85. The minimum Gasteiger partial charge on any atom is -0.494 e. The number of hydrogen-bond donors (Lipinski definition) is 3. The minimum absolute atomic E-state index is 0.0128. The third-order valence-corrected chi connectivity index (χ3v) is 3.20. The molecule has 98 valence electrons. The van der Waals surface area contributed by atoms with Crippen LogP contribution in [0.2, 0.25) is 0 Å². The van der Waals surface area contributed by atoms with Gasteiger partial charge in [-0.2, -0.15) is 0 Å². The molecule has 1 aromatic heterocycles. The van der Waals surface area contributed by atoms with Gasteiger partial charge in [0.25, 0.3) is 5.56 Å². The van der Waals surface area contributed by atoms with Gasteiger partial charge in [0.2, 0.25) is 5.88 Å². The van der Waals surface area contributed by atoms with Crippen molar-refractivity contribution in [2.75, 3.05) is 0 Å². The van der Waals surface area contributed by atoms with E-state index in [2.05, 4.69) is 15.0 Å². The third kappa shape index (κ3) is 3.09. The average Bonchev–Trinajstić information content (AvgIpc) is 2.56. The second kappa shape index (κ2) is 5.66. The molecule has 2 rings (SSSR count). The predicted molar refractivity (Wildman–Crippen MR) is 68.4 cm³/mol.